The summed E-state index contributed by atoms with van der Waals surface area (Å²) in [5, 5.41) is 7.90. The zero-order valence-electron chi connectivity index (χ0n) is 11.5. The molecule has 0 heterocycles. The van der Waals surface area contributed by atoms with Crippen LogP contribution in [-0.2, 0) is 10.0 Å². The summed E-state index contributed by atoms with van der Waals surface area (Å²) in [4.78, 5) is 12.2. The number of sulfonamides is 1. The molecule has 8 heteroatoms. The maximum Gasteiger partial charge on any atom is 0.252 e. The molecule has 0 aromatic heterocycles. The van der Waals surface area contributed by atoms with Gasteiger partial charge in [0.25, 0.3) is 5.91 Å². The van der Waals surface area contributed by atoms with E-state index in [2.05, 4.69) is 21.2 Å². The lowest BCUT2D eigenvalue weighted by Gasteiger charge is -2.25. The zero-order valence-corrected chi connectivity index (χ0v) is 13.9. The van der Waals surface area contributed by atoms with E-state index in [1.165, 1.54) is 13.0 Å². The number of hydrogen-bond donors (Lipinski definition) is 3. The summed E-state index contributed by atoms with van der Waals surface area (Å²) in [6, 6.07) is 2.92. The van der Waals surface area contributed by atoms with Crippen molar-refractivity contribution in [3.8, 4) is 0 Å². The smallest absolute Gasteiger partial charge is 0.252 e. The van der Waals surface area contributed by atoms with Crippen molar-refractivity contribution in [1.82, 2.24) is 5.32 Å². The van der Waals surface area contributed by atoms with Crippen LogP contribution in [0.25, 0.3) is 0 Å². The summed E-state index contributed by atoms with van der Waals surface area (Å²) < 4.78 is 23.5. The highest BCUT2D eigenvalue weighted by atomic mass is 79.9. The average molecular weight is 364 g/mol. The van der Waals surface area contributed by atoms with Crippen molar-refractivity contribution in [3.63, 3.8) is 0 Å². The van der Waals surface area contributed by atoms with Crippen molar-refractivity contribution in [2.24, 2.45) is 10.9 Å². The highest BCUT2D eigenvalue weighted by Gasteiger charge is 2.23. The summed E-state index contributed by atoms with van der Waals surface area (Å²) in [7, 11) is -3.90. The molecule has 0 radical (unpaired) electrons. The Labute approximate surface area is 127 Å². The maximum absolute atomic E-state index is 12.2. The van der Waals surface area contributed by atoms with Crippen LogP contribution in [0.4, 0.5) is 0 Å². The van der Waals surface area contributed by atoms with Crippen molar-refractivity contribution in [2.75, 3.05) is 6.54 Å². The van der Waals surface area contributed by atoms with E-state index in [0.29, 0.717) is 10.0 Å². The van der Waals surface area contributed by atoms with Gasteiger partial charge < -0.3 is 11.1 Å². The number of hydrogen-bond acceptors (Lipinski definition) is 4. The Hall–Kier alpha value is -0.960. The molecule has 0 saturated heterocycles. The molecule has 0 saturated carbocycles. The summed E-state index contributed by atoms with van der Waals surface area (Å²) in [6.07, 6.45) is 0. The number of nitrogens with one attached hydrogen (secondary N) is 1. The molecule has 1 amide bonds. The van der Waals surface area contributed by atoms with Crippen molar-refractivity contribution in [2.45, 2.75) is 31.2 Å². The van der Waals surface area contributed by atoms with E-state index in [9.17, 15) is 13.2 Å². The van der Waals surface area contributed by atoms with Crippen molar-refractivity contribution in [3.05, 3.63) is 27.7 Å². The molecule has 1 rings (SSSR count). The van der Waals surface area contributed by atoms with Gasteiger partial charge in [0, 0.05) is 22.1 Å². The first-order valence-corrected chi connectivity index (χ1v) is 8.17. The first-order chi connectivity index (χ1) is 8.98. The number of amides is 1. The molecule has 0 fully saturated rings. The summed E-state index contributed by atoms with van der Waals surface area (Å²) in [5.74, 6) is -0.399. The molecular weight excluding hydrogens is 346 g/mol. The van der Waals surface area contributed by atoms with Crippen LogP contribution in [0.2, 0.25) is 0 Å². The van der Waals surface area contributed by atoms with Gasteiger partial charge in [-0.25, -0.2) is 13.6 Å². The lowest BCUT2D eigenvalue weighted by molar-refractivity contribution is 0.0915. The van der Waals surface area contributed by atoms with E-state index in [-0.39, 0.29) is 17.0 Å². The monoisotopic (exact) mass is 363 g/mol. The third-order valence-corrected chi connectivity index (χ3v) is 4.33. The van der Waals surface area contributed by atoms with Crippen molar-refractivity contribution >= 4 is 31.9 Å². The topological polar surface area (TPSA) is 115 Å². The van der Waals surface area contributed by atoms with Gasteiger partial charge in [0.2, 0.25) is 10.0 Å². The summed E-state index contributed by atoms with van der Waals surface area (Å²) in [6.45, 7) is 5.35. The highest BCUT2D eigenvalue weighted by molar-refractivity contribution is 9.10. The number of carbonyl (C=O) groups is 1. The second kappa shape index (κ2) is 5.80. The third-order valence-electron chi connectivity index (χ3n) is 2.84. The normalized spacial score (nSPS) is 12.3. The number of halogens is 1. The minimum absolute atomic E-state index is 0.0809. The molecule has 112 valence electrons. The molecule has 0 spiro atoms. The fourth-order valence-electron chi connectivity index (χ4n) is 1.61. The molecule has 5 N–H and O–H groups in total. The van der Waals surface area contributed by atoms with Gasteiger partial charge in [-0.2, -0.15) is 0 Å². The van der Waals surface area contributed by atoms with Gasteiger partial charge in [0.05, 0.1) is 4.90 Å². The predicted molar refractivity (Wildman–Crippen MR) is 80.9 cm³/mol. The lowest BCUT2D eigenvalue weighted by atomic mass is 10.0. The van der Waals surface area contributed by atoms with Gasteiger partial charge in [-0.1, -0.05) is 15.9 Å². The van der Waals surface area contributed by atoms with Gasteiger partial charge in [-0.15, -0.1) is 0 Å². The fraction of sp³-hybridized carbons (Fsp3) is 0.417. The Morgan fingerprint density at radius 1 is 1.40 bits per heavy atom. The fourth-order valence-corrected chi connectivity index (χ4v) is 3.05. The molecule has 0 unspecified atom stereocenters. The van der Waals surface area contributed by atoms with Gasteiger partial charge in [-0.3, -0.25) is 4.79 Å². The Kier molecular flexibility index (Phi) is 4.96. The van der Waals surface area contributed by atoms with Gasteiger partial charge >= 0.3 is 0 Å². The maximum atomic E-state index is 12.2. The number of carbonyl (C=O) groups excluding carboxylic acids is 1. The first-order valence-electron chi connectivity index (χ1n) is 5.83. The molecule has 1 aromatic rings. The highest BCUT2D eigenvalue weighted by Crippen LogP contribution is 2.24. The Morgan fingerprint density at radius 2 is 1.95 bits per heavy atom. The lowest BCUT2D eigenvalue weighted by Crippen LogP contribution is -2.49. The standard InChI is InChI=1S/C12H18BrN3O3S/c1-7-9(11(17)16-12(2,3)6-14)4-8(13)5-10(7)20(15,18)19/h4-5H,6,14H2,1-3H3,(H,16,17)(H2,15,18,19). The van der Waals surface area contributed by atoms with Crippen LogP contribution in [0.3, 0.4) is 0 Å². The molecule has 20 heavy (non-hydrogen) atoms. The summed E-state index contributed by atoms with van der Waals surface area (Å²) in [5.41, 5.74) is 5.52. The van der Waals surface area contributed by atoms with E-state index in [1.54, 1.807) is 19.9 Å². The van der Waals surface area contributed by atoms with Gasteiger partial charge in [-0.05, 0) is 38.5 Å². The van der Waals surface area contributed by atoms with Gasteiger partial charge in [0.1, 0.15) is 0 Å². The van der Waals surface area contributed by atoms with E-state index < -0.39 is 21.5 Å². The first kappa shape index (κ1) is 17.1. The molecule has 0 aliphatic carbocycles. The van der Waals surface area contributed by atoms with E-state index in [4.69, 9.17) is 10.9 Å². The van der Waals surface area contributed by atoms with Crippen LogP contribution in [0, 0.1) is 6.92 Å². The van der Waals surface area contributed by atoms with E-state index >= 15 is 0 Å². The van der Waals surface area contributed by atoms with Gasteiger partial charge in [0.15, 0.2) is 0 Å². The number of nitrogens with two attached hydrogens (primary N) is 2. The number of primary sulfonamides is 1. The van der Waals surface area contributed by atoms with Crippen molar-refractivity contribution < 1.29 is 13.2 Å². The van der Waals surface area contributed by atoms with Crippen LogP contribution in [0.5, 0.6) is 0 Å². The molecule has 0 aliphatic rings. The molecular formula is C12H18BrN3O3S. The molecule has 0 atom stereocenters. The second-order valence-corrected chi connectivity index (χ2v) is 7.61. The predicted octanol–water partition coefficient (Wildman–Crippen LogP) is 0.872. The molecule has 6 nitrogen and oxygen atoms in total. The Bertz CT molecular complexity index is 642. The van der Waals surface area contributed by atoms with Crippen LogP contribution < -0.4 is 16.2 Å². The SMILES string of the molecule is Cc1c(C(=O)NC(C)(C)CN)cc(Br)cc1S(N)(=O)=O. The largest absolute Gasteiger partial charge is 0.346 e. The number of rotatable bonds is 4. The minimum Gasteiger partial charge on any atom is -0.346 e. The zero-order chi connectivity index (χ0) is 15.7. The third kappa shape index (κ3) is 4.02. The average Bonchev–Trinajstić information content (AvgIpc) is 2.29. The van der Waals surface area contributed by atoms with Crippen LogP contribution in [0.15, 0.2) is 21.5 Å². The quantitative estimate of drug-likeness (QED) is 0.735. The molecule has 0 bridgehead atoms. The Morgan fingerprint density at radius 3 is 2.40 bits per heavy atom. The van der Waals surface area contributed by atoms with Crippen molar-refractivity contribution in [1.29, 1.82) is 0 Å². The minimum atomic E-state index is -3.90. The van der Waals surface area contributed by atoms with Crippen LogP contribution in [0.1, 0.15) is 29.8 Å². The molecule has 1 aromatic carbocycles. The second-order valence-electron chi connectivity index (χ2n) is 5.16. The summed E-state index contributed by atoms with van der Waals surface area (Å²) >= 11 is 3.18. The molecule has 0 aliphatic heterocycles. The van der Waals surface area contributed by atoms with E-state index in [0.717, 1.165) is 0 Å². The Balaban J connectivity index is 3.33. The van der Waals surface area contributed by atoms with Crippen LogP contribution >= 0.6 is 15.9 Å². The number of benzene rings is 1. The van der Waals surface area contributed by atoms with Crippen LogP contribution in [-0.4, -0.2) is 26.4 Å². The van der Waals surface area contributed by atoms with E-state index in [1.807, 2.05) is 0 Å².